The molecular formula is C16H19NO4S2. The maximum Gasteiger partial charge on any atom is 0.261 e. The van der Waals surface area contributed by atoms with Gasteiger partial charge in [0, 0.05) is 16.3 Å². The van der Waals surface area contributed by atoms with Gasteiger partial charge in [-0.05, 0) is 31.2 Å². The van der Waals surface area contributed by atoms with Gasteiger partial charge in [-0.3, -0.25) is 4.55 Å². The van der Waals surface area contributed by atoms with E-state index in [1.54, 1.807) is 11.8 Å². The Balaban J connectivity index is 0.000000338. The monoisotopic (exact) mass is 353 g/mol. The Morgan fingerprint density at radius 1 is 1.04 bits per heavy atom. The molecule has 2 aromatic carbocycles. The first kappa shape index (κ1) is 17.8. The van der Waals surface area contributed by atoms with Gasteiger partial charge >= 0.3 is 0 Å². The first-order valence-electron chi connectivity index (χ1n) is 6.99. The normalized spacial score (nSPS) is 14.2. The topological polar surface area (TPSA) is 77.8 Å². The maximum atomic E-state index is 9.71. The number of hydrogen-bond donors (Lipinski definition) is 2. The number of β-amino-alcohol motifs (C(OH)–C–C–N with tert-alkyl or cyclic N) is 1. The molecule has 2 N–H and O–H groups in total. The zero-order valence-electron chi connectivity index (χ0n) is 12.9. The van der Waals surface area contributed by atoms with Crippen molar-refractivity contribution in [2.75, 3.05) is 17.7 Å². The highest BCUT2D eigenvalue weighted by Gasteiger charge is 2.23. The van der Waals surface area contributed by atoms with Crippen LogP contribution in [0.4, 0.5) is 11.4 Å². The highest BCUT2D eigenvalue weighted by atomic mass is 32.2. The first-order valence-corrected chi connectivity index (χ1v) is 9.66. The fraction of sp³-hybridized carbons (Fsp3) is 0.250. The molecule has 0 radical (unpaired) electrons. The van der Waals surface area contributed by atoms with Crippen molar-refractivity contribution in [1.82, 2.24) is 0 Å². The average molecular weight is 353 g/mol. The molecule has 2 aromatic rings. The minimum atomic E-state index is -3.67. The summed E-state index contributed by atoms with van der Waals surface area (Å²) in [4.78, 5) is 4.69. The smallest absolute Gasteiger partial charge is 0.261 e. The third-order valence-corrected chi connectivity index (χ3v) is 4.11. The molecule has 3 rings (SSSR count). The van der Waals surface area contributed by atoms with Crippen LogP contribution in [-0.2, 0) is 10.1 Å². The van der Waals surface area contributed by atoms with Crippen LogP contribution in [0.2, 0.25) is 0 Å². The molecule has 124 valence electrons. The quantitative estimate of drug-likeness (QED) is 0.808. The Labute approximate surface area is 140 Å². The molecule has 0 bridgehead atoms. The Hall–Kier alpha value is -1.54. The number of hydrogen-bond acceptors (Lipinski definition) is 5. The van der Waals surface area contributed by atoms with Gasteiger partial charge < -0.3 is 10.0 Å². The summed E-state index contributed by atoms with van der Waals surface area (Å²) in [5, 5.41) is 9.71. The highest BCUT2D eigenvalue weighted by Crippen LogP contribution is 2.47. The molecule has 1 unspecified atom stereocenters. The summed E-state index contributed by atoms with van der Waals surface area (Å²) >= 11 is 1.79. The molecule has 1 aliphatic heterocycles. The van der Waals surface area contributed by atoms with Crippen molar-refractivity contribution in [3.63, 3.8) is 0 Å². The van der Waals surface area contributed by atoms with Crippen molar-refractivity contribution in [2.45, 2.75) is 22.8 Å². The number of benzene rings is 2. The summed E-state index contributed by atoms with van der Waals surface area (Å²) in [7, 11) is -3.67. The van der Waals surface area contributed by atoms with E-state index in [1.165, 1.54) is 21.2 Å². The molecule has 0 saturated carbocycles. The molecule has 0 fully saturated rings. The van der Waals surface area contributed by atoms with Gasteiger partial charge in [-0.15, -0.1) is 0 Å². The highest BCUT2D eigenvalue weighted by molar-refractivity contribution is 7.99. The van der Waals surface area contributed by atoms with E-state index in [0.717, 1.165) is 0 Å². The standard InChI is InChI=1S/C15H15NOS.CH4O3S/c1-11(17)10-16-12-6-2-4-8-14(12)18-15-9-5-3-7-13(15)16;1-5(2,3)4/h2-9,11,17H,10H2,1H3;1H3,(H,2,3,4). The molecular weight excluding hydrogens is 334 g/mol. The van der Waals surface area contributed by atoms with E-state index in [0.29, 0.717) is 12.8 Å². The molecule has 7 heteroatoms. The molecule has 23 heavy (non-hydrogen) atoms. The molecule has 0 aliphatic carbocycles. The van der Waals surface area contributed by atoms with Crippen molar-refractivity contribution >= 4 is 33.3 Å². The average Bonchev–Trinajstić information content (AvgIpc) is 2.45. The number of fused-ring (bicyclic) bond motifs is 2. The second-order valence-corrected chi connectivity index (χ2v) is 7.78. The van der Waals surface area contributed by atoms with Gasteiger partial charge in [0.15, 0.2) is 0 Å². The van der Waals surface area contributed by atoms with Crippen LogP contribution in [0, 0.1) is 0 Å². The fourth-order valence-corrected chi connectivity index (χ4v) is 3.34. The van der Waals surface area contributed by atoms with Crippen LogP contribution in [0.25, 0.3) is 0 Å². The molecule has 0 spiro atoms. The summed E-state index contributed by atoms with van der Waals surface area (Å²) in [5.41, 5.74) is 2.37. The Morgan fingerprint density at radius 2 is 1.43 bits per heavy atom. The van der Waals surface area contributed by atoms with Crippen LogP contribution in [0.5, 0.6) is 0 Å². The third-order valence-electron chi connectivity index (χ3n) is 2.98. The Bertz CT molecular complexity index is 722. The lowest BCUT2D eigenvalue weighted by atomic mass is 10.2. The Kier molecular flexibility index (Phi) is 5.69. The fourth-order valence-electron chi connectivity index (χ4n) is 2.24. The summed E-state index contributed by atoms with van der Waals surface area (Å²) in [5.74, 6) is 0. The van der Waals surface area contributed by atoms with Gasteiger partial charge in [-0.1, -0.05) is 36.0 Å². The number of anilines is 2. The van der Waals surface area contributed by atoms with E-state index in [2.05, 4.69) is 41.3 Å². The molecule has 1 atom stereocenters. The largest absolute Gasteiger partial charge is 0.392 e. The van der Waals surface area contributed by atoms with E-state index >= 15 is 0 Å². The van der Waals surface area contributed by atoms with Gasteiger partial charge in [0.05, 0.1) is 23.7 Å². The van der Waals surface area contributed by atoms with Crippen molar-refractivity contribution in [1.29, 1.82) is 0 Å². The summed E-state index contributed by atoms with van der Waals surface area (Å²) in [6.07, 6.45) is 0.363. The second-order valence-electron chi connectivity index (χ2n) is 5.23. The van der Waals surface area contributed by atoms with Gasteiger partial charge in [-0.25, -0.2) is 0 Å². The predicted octanol–water partition coefficient (Wildman–Crippen LogP) is 3.17. The van der Waals surface area contributed by atoms with Gasteiger partial charge in [0.25, 0.3) is 10.1 Å². The summed E-state index contributed by atoms with van der Waals surface area (Å²) in [6, 6.07) is 16.7. The van der Waals surface area contributed by atoms with Gasteiger partial charge in [-0.2, -0.15) is 8.42 Å². The van der Waals surface area contributed by atoms with Crippen LogP contribution < -0.4 is 4.90 Å². The zero-order valence-corrected chi connectivity index (χ0v) is 14.5. The second kappa shape index (κ2) is 7.35. The zero-order chi connectivity index (χ0) is 17.0. The van der Waals surface area contributed by atoms with E-state index in [9.17, 15) is 13.5 Å². The van der Waals surface area contributed by atoms with Crippen LogP contribution in [0.1, 0.15) is 6.92 Å². The van der Waals surface area contributed by atoms with Crippen molar-refractivity contribution in [3.05, 3.63) is 48.5 Å². The summed E-state index contributed by atoms with van der Waals surface area (Å²) < 4.78 is 25.9. The maximum absolute atomic E-state index is 9.71. The number of aliphatic hydroxyl groups is 1. The van der Waals surface area contributed by atoms with Gasteiger partial charge in [0.2, 0.25) is 0 Å². The Morgan fingerprint density at radius 3 is 1.83 bits per heavy atom. The SMILES string of the molecule is CC(O)CN1c2ccccc2Sc2ccccc21.CS(=O)(=O)O. The first-order chi connectivity index (χ1) is 10.8. The molecule has 0 aromatic heterocycles. The van der Waals surface area contributed by atoms with E-state index in [-0.39, 0.29) is 6.10 Å². The lowest BCUT2D eigenvalue weighted by Crippen LogP contribution is -2.28. The number of para-hydroxylation sites is 2. The number of rotatable bonds is 2. The van der Waals surface area contributed by atoms with E-state index < -0.39 is 10.1 Å². The minimum absolute atomic E-state index is 0.353. The molecule has 5 nitrogen and oxygen atoms in total. The molecule has 0 amide bonds. The van der Waals surface area contributed by atoms with E-state index in [1.807, 2.05) is 19.1 Å². The van der Waals surface area contributed by atoms with E-state index in [4.69, 9.17) is 4.55 Å². The predicted molar refractivity (Wildman–Crippen MR) is 93.2 cm³/mol. The molecule has 1 heterocycles. The van der Waals surface area contributed by atoms with Crippen molar-refractivity contribution in [3.8, 4) is 0 Å². The van der Waals surface area contributed by atoms with Gasteiger partial charge in [0.1, 0.15) is 0 Å². The molecule has 0 saturated heterocycles. The molecule has 1 aliphatic rings. The van der Waals surface area contributed by atoms with Crippen molar-refractivity contribution in [2.24, 2.45) is 0 Å². The third kappa shape index (κ3) is 5.24. The van der Waals surface area contributed by atoms with Crippen LogP contribution in [0.15, 0.2) is 58.3 Å². The lowest BCUT2D eigenvalue weighted by molar-refractivity contribution is 0.203. The lowest BCUT2D eigenvalue weighted by Gasteiger charge is -2.33. The van der Waals surface area contributed by atoms with Crippen molar-refractivity contribution < 1.29 is 18.1 Å². The minimum Gasteiger partial charge on any atom is -0.392 e. The number of aliphatic hydroxyl groups excluding tert-OH is 1. The van der Waals surface area contributed by atoms with Crippen LogP contribution >= 0.6 is 11.8 Å². The van der Waals surface area contributed by atoms with Crippen LogP contribution in [-0.4, -0.2) is 37.0 Å². The van der Waals surface area contributed by atoms with Crippen LogP contribution in [0.3, 0.4) is 0 Å². The summed E-state index contributed by atoms with van der Waals surface area (Å²) in [6.45, 7) is 2.45. The number of nitrogens with zero attached hydrogens (tertiary/aromatic N) is 1.